The zero-order chi connectivity index (χ0) is 23.4. The van der Waals surface area contributed by atoms with Crippen LogP contribution in [0.2, 0.25) is 0 Å². The van der Waals surface area contributed by atoms with Crippen LogP contribution in [0, 0.1) is 5.82 Å². The first-order valence-corrected chi connectivity index (χ1v) is 10.6. The summed E-state index contributed by atoms with van der Waals surface area (Å²) in [5.41, 5.74) is 4.23. The van der Waals surface area contributed by atoms with Gasteiger partial charge in [-0.05, 0) is 74.4 Å². The van der Waals surface area contributed by atoms with E-state index in [2.05, 4.69) is 30.4 Å². The second kappa shape index (κ2) is 12.7. The summed E-state index contributed by atoms with van der Waals surface area (Å²) in [6.07, 6.45) is 2.28. The van der Waals surface area contributed by atoms with Gasteiger partial charge >= 0.3 is 12.1 Å². The van der Waals surface area contributed by atoms with Gasteiger partial charge in [-0.1, -0.05) is 44.2 Å². The molecule has 0 fully saturated rings. The van der Waals surface area contributed by atoms with E-state index in [1.165, 1.54) is 28.8 Å². The summed E-state index contributed by atoms with van der Waals surface area (Å²) in [6.45, 7) is 9.79. The van der Waals surface area contributed by atoms with Crippen LogP contribution in [-0.2, 0) is 28.8 Å². The minimum atomic E-state index is -0.745. The van der Waals surface area contributed by atoms with Gasteiger partial charge in [-0.3, -0.25) is 4.79 Å². The van der Waals surface area contributed by atoms with Crippen LogP contribution in [0.15, 0.2) is 42.5 Å². The monoisotopic (exact) mass is 431 g/mol. The van der Waals surface area contributed by atoms with Gasteiger partial charge in [-0.25, -0.2) is 9.18 Å². The lowest BCUT2D eigenvalue weighted by Gasteiger charge is -2.19. The molecule has 170 valence electrons. The van der Waals surface area contributed by atoms with Gasteiger partial charge in [-0.2, -0.15) is 0 Å². The van der Waals surface area contributed by atoms with Gasteiger partial charge in [0.2, 0.25) is 0 Å². The first-order chi connectivity index (χ1) is 14.5. The fourth-order valence-corrected chi connectivity index (χ4v) is 2.75. The second-order valence-electron chi connectivity index (χ2n) is 8.24. The SMILES string of the molecule is CCC(=O)O.CCc1cc(CCNC(=O)OC(C)(C)C)cc(Cc2ccc(F)cc2)c1. The number of aryl methyl sites for hydroxylation is 1. The van der Waals surface area contributed by atoms with E-state index in [9.17, 15) is 14.0 Å². The molecule has 0 aliphatic heterocycles. The number of carboxylic acids is 1. The van der Waals surface area contributed by atoms with Gasteiger partial charge < -0.3 is 15.2 Å². The quantitative estimate of drug-likeness (QED) is 0.605. The van der Waals surface area contributed by atoms with Crippen molar-refractivity contribution >= 4 is 12.1 Å². The van der Waals surface area contributed by atoms with Gasteiger partial charge in [0.15, 0.2) is 0 Å². The average molecular weight is 432 g/mol. The molecule has 5 nitrogen and oxygen atoms in total. The smallest absolute Gasteiger partial charge is 0.407 e. The molecule has 0 spiro atoms. The van der Waals surface area contributed by atoms with Crippen LogP contribution >= 0.6 is 0 Å². The van der Waals surface area contributed by atoms with Gasteiger partial charge in [0.05, 0.1) is 0 Å². The van der Waals surface area contributed by atoms with Crippen molar-refractivity contribution in [1.82, 2.24) is 5.32 Å². The van der Waals surface area contributed by atoms with Crippen LogP contribution < -0.4 is 5.32 Å². The molecular weight excluding hydrogens is 397 g/mol. The Morgan fingerprint density at radius 3 is 2.03 bits per heavy atom. The van der Waals surface area contributed by atoms with Crippen molar-refractivity contribution in [3.63, 3.8) is 0 Å². The summed E-state index contributed by atoms with van der Waals surface area (Å²) >= 11 is 0. The number of halogens is 1. The molecule has 0 radical (unpaired) electrons. The summed E-state index contributed by atoms with van der Waals surface area (Å²) in [5, 5.41) is 10.5. The van der Waals surface area contributed by atoms with Gasteiger partial charge in [0.1, 0.15) is 11.4 Å². The molecule has 2 aromatic rings. The van der Waals surface area contributed by atoms with E-state index < -0.39 is 17.7 Å². The van der Waals surface area contributed by atoms with E-state index in [0.29, 0.717) is 6.54 Å². The Hall–Kier alpha value is -2.89. The Bertz CT molecular complexity index is 842. The average Bonchev–Trinajstić information content (AvgIpc) is 2.68. The first kappa shape index (κ1) is 26.1. The highest BCUT2D eigenvalue weighted by atomic mass is 19.1. The number of aliphatic carboxylic acids is 1. The lowest BCUT2D eigenvalue weighted by Crippen LogP contribution is -2.33. The Labute approximate surface area is 184 Å². The van der Waals surface area contributed by atoms with Crippen molar-refractivity contribution in [1.29, 1.82) is 0 Å². The maximum absolute atomic E-state index is 13.1. The molecule has 0 saturated heterocycles. The number of alkyl carbamates (subject to hydrolysis) is 1. The third kappa shape index (κ3) is 11.8. The number of amides is 1. The maximum atomic E-state index is 13.1. The normalized spacial score (nSPS) is 10.6. The van der Waals surface area contributed by atoms with Crippen LogP contribution in [0.25, 0.3) is 0 Å². The standard InChI is InChI=1S/C22H28FNO2.C3H6O2/c1-5-16-12-18(10-11-24-21(25)26-22(2,3)4)15-19(13-16)14-17-6-8-20(23)9-7-17;1-2-3(4)5/h6-9,12-13,15H,5,10-11,14H2,1-4H3,(H,24,25);2H2,1H3,(H,4,5). The predicted octanol–water partition coefficient (Wildman–Crippen LogP) is 5.53. The third-order valence-electron chi connectivity index (χ3n) is 4.23. The minimum absolute atomic E-state index is 0.218. The maximum Gasteiger partial charge on any atom is 0.407 e. The van der Waals surface area contributed by atoms with E-state index in [1.54, 1.807) is 6.92 Å². The van der Waals surface area contributed by atoms with E-state index in [-0.39, 0.29) is 12.2 Å². The van der Waals surface area contributed by atoms with E-state index in [4.69, 9.17) is 9.84 Å². The number of benzene rings is 2. The molecule has 0 aliphatic carbocycles. The fourth-order valence-electron chi connectivity index (χ4n) is 2.75. The number of nitrogens with one attached hydrogen (secondary N) is 1. The lowest BCUT2D eigenvalue weighted by molar-refractivity contribution is -0.136. The summed E-state index contributed by atoms with van der Waals surface area (Å²) in [6, 6.07) is 13.1. The Kier molecular flexibility index (Phi) is 10.7. The molecule has 1 amide bonds. The largest absolute Gasteiger partial charge is 0.481 e. The molecule has 0 unspecified atom stereocenters. The fraction of sp³-hybridized carbons (Fsp3) is 0.440. The number of hydrogen-bond donors (Lipinski definition) is 2. The minimum Gasteiger partial charge on any atom is -0.481 e. The van der Waals surface area contributed by atoms with E-state index in [0.717, 1.165) is 24.8 Å². The number of hydrogen-bond acceptors (Lipinski definition) is 3. The summed E-state index contributed by atoms with van der Waals surface area (Å²) in [7, 11) is 0. The van der Waals surface area contributed by atoms with Crippen LogP contribution in [0.1, 0.15) is 63.3 Å². The van der Waals surface area contributed by atoms with Gasteiger partial charge in [0.25, 0.3) is 0 Å². The highest BCUT2D eigenvalue weighted by Gasteiger charge is 2.15. The molecule has 2 aromatic carbocycles. The highest BCUT2D eigenvalue weighted by Crippen LogP contribution is 2.16. The Balaban J connectivity index is 0.000000861. The molecule has 2 N–H and O–H groups in total. The van der Waals surface area contributed by atoms with Crippen LogP contribution in [0.5, 0.6) is 0 Å². The van der Waals surface area contributed by atoms with Crippen molar-refractivity contribution in [2.24, 2.45) is 0 Å². The Morgan fingerprint density at radius 2 is 1.52 bits per heavy atom. The number of rotatable bonds is 7. The van der Waals surface area contributed by atoms with Crippen molar-refractivity contribution in [2.45, 2.75) is 65.9 Å². The summed E-state index contributed by atoms with van der Waals surface area (Å²) < 4.78 is 18.3. The van der Waals surface area contributed by atoms with Crippen molar-refractivity contribution in [3.8, 4) is 0 Å². The van der Waals surface area contributed by atoms with Crippen LogP contribution in [0.3, 0.4) is 0 Å². The number of carboxylic acid groups (broad SMARTS) is 1. The number of ether oxygens (including phenoxy) is 1. The molecule has 0 saturated carbocycles. The molecule has 0 bridgehead atoms. The second-order valence-corrected chi connectivity index (χ2v) is 8.24. The van der Waals surface area contributed by atoms with Crippen LogP contribution in [0.4, 0.5) is 9.18 Å². The van der Waals surface area contributed by atoms with Crippen molar-refractivity contribution < 1.29 is 23.8 Å². The molecule has 6 heteroatoms. The highest BCUT2D eigenvalue weighted by molar-refractivity contribution is 5.67. The Morgan fingerprint density at radius 1 is 0.968 bits per heavy atom. The number of carbonyl (C=O) groups is 2. The van der Waals surface area contributed by atoms with Crippen molar-refractivity contribution in [3.05, 3.63) is 70.5 Å². The molecule has 0 heterocycles. The van der Waals surface area contributed by atoms with E-state index >= 15 is 0 Å². The van der Waals surface area contributed by atoms with Crippen molar-refractivity contribution in [2.75, 3.05) is 6.54 Å². The lowest BCUT2D eigenvalue weighted by atomic mass is 9.97. The zero-order valence-electron chi connectivity index (χ0n) is 19.1. The zero-order valence-corrected chi connectivity index (χ0v) is 19.1. The molecule has 0 aromatic heterocycles. The van der Waals surface area contributed by atoms with Crippen LogP contribution in [-0.4, -0.2) is 29.3 Å². The molecule has 0 aliphatic rings. The molecule has 2 rings (SSSR count). The first-order valence-electron chi connectivity index (χ1n) is 10.6. The predicted molar refractivity (Wildman–Crippen MR) is 121 cm³/mol. The third-order valence-corrected chi connectivity index (χ3v) is 4.23. The molecular formula is C25H34FNO4. The molecule has 31 heavy (non-hydrogen) atoms. The topological polar surface area (TPSA) is 75.6 Å². The van der Waals surface area contributed by atoms with Gasteiger partial charge in [0, 0.05) is 13.0 Å². The number of carbonyl (C=O) groups excluding carboxylic acids is 1. The van der Waals surface area contributed by atoms with Gasteiger partial charge in [-0.15, -0.1) is 0 Å². The molecule has 0 atom stereocenters. The summed E-state index contributed by atoms with van der Waals surface area (Å²) in [5.74, 6) is -0.963. The van der Waals surface area contributed by atoms with E-state index in [1.807, 2.05) is 32.9 Å². The summed E-state index contributed by atoms with van der Waals surface area (Å²) in [4.78, 5) is 21.1.